The number of aryl methyl sites for hydroxylation is 1. The second-order valence-corrected chi connectivity index (χ2v) is 5.87. The van der Waals surface area contributed by atoms with E-state index < -0.39 is 0 Å². The minimum absolute atomic E-state index is 0.515. The van der Waals surface area contributed by atoms with Gasteiger partial charge in [-0.05, 0) is 44.6 Å². The van der Waals surface area contributed by atoms with Crippen molar-refractivity contribution in [3.05, 3.63) is 35.4 Å². The summed E-state index contributed by atoms with van der Waals surface area (Å²) in [6.45, 7) is 6.80. The highest BCUT2D eigenvalue weighted by Crippen LogP contribution is 2.29. The Morgan fingerprint density at radius 1 is 1.17 bits per heavy atom. The molecule has 0 amide bonds. The topological polar surface area (TPSA) is 12.0 Å². The number of benzene rings is 1. The van der Waals surface area contributed by atoms with Crippen LogP contribution in [0.15, 0.2) is 24.3 Å². The van der Waals surface area contributed by atoms with Crippen molar-refractivity contribution in [1.29, 1.82) is 0 Å². The largest absolute Gasteiger partial charge is 0.307 e. The molecule has 1 heteroatoms. The quantitative estimate of drug-likeness (QED) is 0.798. The minimum atomic E-state index is 0.515. The van der Waals surface area contributed by atoms with Crippen molar-refractivity contribution in [1.82, 2.24) is 5.32 Å². The molecule has 0 bridgehead atoms. The molecule has 0 heterocycles. The van der Waals surface area contributed by atoms with E-state index in [2.05, 4.69) is 50.4 Å². The minimum Gasteiger partial charge on any atom is -0.307 e. The van der Waals surface area contributed by atoms with Crippen LogP contribution in [0.25, 0.3) is 0 Å². The zero-order valence-electron chi connectivity index (χ0n) is 12.1. The van der Waals surface area contributed by atoms with Gasteiger partial charge in [0, 0.05) is 12.1 Å². The van der Waals surface area contributed by atoms with Crippen molar-refractivity contribution < 1.29 is 0 Å². The Kier molecular flexibility index (Phi) is 4.82. The summed E-state index contributed by atoms with van der Waals surface area (Å²) in [7, 11) is 0. The first-order valence-electron chi connectivity index (χ1n) is 7.53. The number of nitrogens with one attached hydrogen (secondary N) is 1. The molecule has 0 aromatic heterocycles. The molecule has 1 nitrogen and oxygen atoms in total. The lowest BCUT2D eigenvalue weighted by atomic mass is 9.96. The summed E-state index contributed by atoms with van der Waals surface area (Å²) in [4.78, 5) is 0. The van der Waals surface area contributed by atoms with E-state index >= 15 is 0 Å². The van der Waals surface area contributed by atoms with E-state index in [4.69, 9.17) is 0 Å². The average Bonchev–Trinajstić information content (AvgIpc) is 2.91. The Hall–Kier alpha value is -0.820. The highest BCUT2D eigenvalue weighted by atomic mass is 14.9. The first kappa shape index (κ1) is 13.6. The predicted molar refractivity (Wildman–Crippen MR) is 78.8 cm³/mol. The first-order valence-corrected chi connectivity index (χ1v) is 7.53. The molecular weight excluding hydrogens is 218 g/mol. The molecule has 0 saturated heterocycles. The maximum absolute atomic E-state index is 3.84. The van der Waals surface area contributed by atoms with Crippen LogP contribution in [-0.2, 0) is 0 Å². The molecule has 18 heavy (non-hydrogen) atoms. The third-order valence-electron chi connectivity index (χ3n) is 4.46. The van der Waals surface area contributed by atoms with Gasteiger partial charge in [0.05, 0.1) is 0 Å². The number of hydrogen-bond acceptors (Lipinski definition) is 1. The van der Waals surface area contributed by atoms with Crippen molar-refractivity contribution in [2.24, 2.45) is 5.92 Å². The molecule has 2 unspecified atom stereocenters. The van der Waals surface area contributed by atoms with Crippen LogP contribution in [0.1, 0.15) is 63.1 Å². The fourth-order valence-corrected chi connectivity index (χ4v) is 3.16. The van der Waals surface area contributed by atoms with Crippen LogP contribution in [0, 0.1) is 12.8 Å². The Morgan fingerprint density at radius 2 is 1.78 bits per heavy atom. The third kappa shape index (κ3) is 3.35. The molecule has 0 spiro atoms. The maximum Gasteiger partial charge on any atom is 0.0320 e. The maximum atomic E-state index is 3.84. The van der Waals surface area contributed by atoms with E-state index in [1.807, 2.05) is 0 Å². The van der Waals surface area contributed by atoms with E-state index in [-0.39, 0.29) is 0 Å². The third-order valence-corrected chi connectivity index (χ3v) is 4.46. The molecule has 1 N–H and O–H groups in total. The van der Waals surface area contributed by atoms with Crippen molar-refractivity contribution >= 4 is 0 Å². The van der Waals surface area contributed by atoms with Crippen molar-refractivity contribution in [2.75, 3.05) is 0 Å². The van der Waals surface area contributed by atoms with E-state index in [9.17, 15) is 0 Å². The van der Waals surface area contributed by atoms with Crippen molar-refractivity contribution in [3.63, 3.8) is 0 Å². The van der Waals surface area contributed by atoms with Crippen LogP contribution in [-0.4, -0.2) is 6.04 Å². The smallest absolute Gasteiger partial charge is 0.0320 e. The summed E-state index contributed by atoms with van der Waals surface area (Å²) in [6.07, 6.45) is 6.85. The summed E-state index contributed by atoms with van der Waals surface area (Å²) in [5, 5.41) is 3.84. The fraction of sp³-hybridized carbons (Fsp3) is 0.647. The molecular formula is C17H27N. The molecule has 1 fully saturated rings. The Morgan fingerprint density at radius 3 is 2.33 bits per heavy atom. The van der Waals surface area contributed by atoms with Gasteiger partial charge in [-0.2, -0.15) is 0 Å². The summed E-state index contributed by atoms with van der Waals surface area (Å²) in [5.41, 5.74) is 2.78. The molecule has 2 atom stereocenters. The monoisotopic (exact) mass is 245 g/mol. The average molecular weight is 245 g/mol. The van der Waals surface area contributed by atoms with Gasteiger partial charge in [0.15, 0.2) is 0 Å². The predicted octanol–water partition coefficient (Wildman–Crippen LogP) is 4.61. The number of rotatable bonds is 5. The molecule has 1 aliphatic carbocycles. The fourth-order valence-electron chi connectivity index (χ4n) is 3.16. The standard InChI is InChI=1S/C17H27N/c1-4-17(16-11-9-13(2)10-12-16)18-14(3)15-7-5-6-8-15/h9-12,14-15,17-18H,4-8H2,1-3H3. The Balaban J connectivity index is 1.97. The van der Waals surface area contributed by atoms with Crippen molar-refractivity contribution in [2.45, 2.75) is 65.0 Å². The molecule has 1 aromatic carbocycles. The highest BCUT2D eigenvalue weighted by Gasteiger charge is 2.23. The van der Waals surface area contributed by atoms with Crippen LogP contribution < -0.4 is 5.32 Å². The van der Waals surface area contributed by atoms with E-state index in [1.54, 1.807) is 0 Å². The second kappa shape index (κ2) is 6.38. The van der Waals surface area contributed by atoms with Gasteiger partial charge in [-0.1, -0.05) is 49.6 Å². The van der Waals surface area contributed by atoms with Gasteiger partial charge in [0.2, 0.25) is 0 Å². The first-order chi connectivity index (χ1) is 8.70. The second-order valence-electron chi connectivity index (χ2n) is 5.87. The lowest BCUT2D eigenvalue weighted by Crippen LogP contribution is -2.35. The summed E-state index contributed by atoms with van der Waals surface area (Å²) < 4.78 is 0. The normalized spacial score (nSPS) is 19.9. The highest BCUT2D eigenvalue weighted by molar-refractivity contribution is 5.24. The Labute approximate surface area is 112 Å². The Bertz CT molecular complexity index is 348. The summed E-state index contributed by atoms with van der Waals surface area (Å²) in [5.74, 6) is 0.893. The van der Waals surface area contributed by atoms with Crippen LogP contribution in [0.3, 0.4) is 0 Å². The van der Waals surface area contributed by atoms with Gasteiger partial charge in [-0.3, -0.25) is 0 Å². The van der Waals surface area contributed by atoms with Gasteiger partial charge < -0.3 is 5.32 Å². The lowest BCUT2D eigenvalue weighted by Gasteiger charge is -2.27. The van der Waals surface area contributed by atoms with Crippen molar-refractivity contribution in [3.8, 4) is 0 Å². The van der Waals surface area contributed by atoms with E-state index in [0.717, 1.165) is 5.92 Å². The van der Waals surface area contributed by atoms with Gasteiger partial charge >= 0.3 is 0 Å². The summed E-state index contributed by atoms with van der Waals surface area (Å²) in [6, 6.07) is 10.2. The van der Waals surface area contributed by atoms with Gasteiger partial charge in [0.25, 0.3) is 0 Å². The number of hydrogen-bond donors (Lipinski definition) is 1. The van der Waals surface area contributed by atoms with E-state index in [0.29, 0.717) is 12.1 Å². The van der Waals surface area contributed by atoms with Gasteiger partial charge in [0.1, 0.15) is 0 Å². The summed E-state index contributed by atoms with van der Waals surface area (Å²) >= 11 is 0. The SMILES string of the molecule is CCC(NC(C)C1CCCC1)c1ccc(C)cc1. The zero-order valence-corrected chi connectivity index (χ0v) is 12.1. The molecule has 1 aromatic rings. The molecule has 100 valence electrons. The molecule has 0 radical (unpaired) electrons. The molecule has 1 saturated carbocycles. The van der Waals surface area contributed by atoms with Gasteiger partial charge in [-0.15, -0.1) is 0 Å². The van der Waals surface area contributed by atoms with Crippen LogP contribution in [0.4, 0.5) is 0 Å². The lowest BCUT2D eigenvalue weighted by molar-refractivity contribution is 0.339. The van der Waals surface area contributed by atoms with Crippen LogP contribution >= 0.6 is 0 Å². The molecule has 2 rings (SSSR count). The molecule has 0 aliphatic heterocycles. The zero-order chi connectivity index (χ0) is 13.0. The van der Waals surface area contributed by atoms with E-state index in [1.165, 1.54) is 43.2 Å². The van der Waals surface area contributed by atoms with Crippen LogP contribution in [0.5, 0.6) is 0 Å². The van der Waals surface area contributed by atoms with Gasteiger partial charge in [-0.25, -0.2) is 0 Å². The molecule has 1 aliphatic rings. The van der Waals surface area contributed by atoms with Crippen LogP contribution in [0.2, 0.25) is 0 Å².